The van der Waals surface area contributed by atoms with Gasteiger partial charge < -0.3 is 9.92 Å². The van der Waals surface area contributed by atoms with E-state index in [1.807, 2.05) is 6.26 Å². The van der Waals surface area contributed by atoms with Crippen molar-refractivity contribution in [2.24, 2.45) is 5.73 Å². The van der Waals surface area contributed by atoms with Crippen LogP contribution in [-0.2, 0) is 29.2 Å². The van der Waals surface area contributed by atoms with E-state index < -0.39 is 21.1 Å². The van der Waals surface area contributed by atoms with Gasteiger partial charge in [-0.15, -0.1) is 0 Å². The third-order valence-electron chi connectivity index (χ3n) is 1.12. The number of hydrogen-bond donors (Lipinski definition) is 2. The van der Waals surface area contributed by atoms with Crippen LogP contribution in [0.4, 0.5) is 0 Å². The van der Waals surface area contributed by atoms with E-state index in [1.165, 1.54) is 11.8 Å². The van der Waals surface area contributed by atoms with Crippen molar-refractivity contribution in [1.29, 1.82) is 0 Å². The molecule has 0 aliphatic rings. The fraction of sp³-hybridized carbons (Fsp3) is 0.800. The van der Waals surface area contributed by atoms with Gasteiger partial charge in [-0.1, -0.05) is 0 Å². The number of rotatable bonds is 5. The van der Waals surface area contributed by atoms with Crippen LogP contribution in [0.2, 0.25) is 0 Å². The molecule has 1 unspecified atom stereocenters. The van der Waals surface area contributed by atoms with Gasteiger partial charge in [-0.3, -0.25) is 4.55 Å². The lowest BCUT2D eigenvalue weighted by molar-refractivity contribution is -0.135. The Bertz CT molecular complexity index is 263. The molecule has 0 saturated heterocycles. The second-order valence-electron chi connectivity index (χ2n) is 2.22. The van der Waals surface area contributed by atoms with E-state index >= 15 is 0 Å². The fourth-order valence-corrected chi connectivity index (χ4v) is 1.55. The molecule has 0 radical (unpaired) electrons. The van der Waals surface area contributed by atoms with Gasteiger partial charge in [-0.25, -0.2) is 4.79 Å². The lowest BCUT2D eigenvalue weighted by Gasteiger charge is -2.08. The number of carbonyl (C=O) groups is 1. The lowest BCUT2D eigenvalue weighted by atomic mass is 10.2. The van der Waals surface area contributed by atoms with Gasteiger partial charge in [-0.2, -0.15) is 16.0 Å². The van der Waals surface area contributed by atoms with Crippen molar-refractivity contribution in [3.05, 3.63) is 0 Å². The summed E-state index contributed by atoms with van der Waals surface area (Å²) in [4.78, 5) is 10.9. The molecule has 0 spiro atoms. The quantitative estimate of drug-likeness (QED) is 0.690. The van der Waals surface area contributed by atoms with Crippen molar-refractivity contribution in [3.63, 3.8) is 0 Å². The monoisotopic (exact) mass is 245 g/mol. The molecule has 3 N–H and O–H groups in total. The summed E-state index contributed by atoms with van der Waals surface area (Å²) < 4.78 is 23.0. The number of nitrogens with two attached hydrogens (primary N) is 1. The van der Waals surface area contributed by atoms with Crippen molar-refractivity contribution in [3.8, 4) is 0 Å². The molecule has 0 heterocycles. The van der Waals surface area contributed by atoms with E-state index in [1.54, 1.807) is 0 Å². The van der Waals surface area contributed by atoms with E-state index in [9.17, 15) is 9.00 Å². The van der Waals surface area contributed by atoms with E-state index in [4.69, 9.17) is 10.3 Å². The van der Waals surface area contributed by atoms with E-state index in [2.05, 4.69) is 15.4 Å². The minimum Gasteiger partial charge on any atom is -0.343 e. The second kappa shape index (κ2) is 5.76. The zero-order chi connectivity index (χ0) is 10.5. The van der Waals surface area contributed by atoms with Gasteiger partial charge in [0.1, 0.15) is 6.04 Å². The Morgan fingerprint density at radius 3 is 2.77 bits per heavy atom. The SMILES string of the molecule is CSCC[C@H](N)C(=O)OS(=O)(O)=S. The summed E-state index contributed by atoms with van der Waals surface area (Å²) in [6.45, 7) is 0. The van der Waals surface area contributed by atoms with Crippen LogP contribution >= 0.6 is 11.8 Å². The van der Waals surface area contributed by atoms with Gasteiger partial charge in [0.05, 0.1) is 11.2 Å². The van der Waals surface area contributed by atoms with Crippen molar-refractivity contribution < 1.29 is 17.7 Å². The normalized spacial score (nSPS) is 17.5. The zero-order valence-corrected chi connectivity index (χ0v) is 9.42. The molecule has 13 heavy (non-hydrogen) atoms. The Kier molecular flexibility index (Phi) is 5.81. The molecular formula is C5H11NO4S3. The highest BCUT2D eigenvalue weighted by atomic mass is 32.9. The van der Waals surface area contributed by atoms with Crippen molar-refractivity contribution in [2.45, 2.75) is 12.5 Å². The van der Waals surface area contributed by atoms with Gasteiger partial charge in [0, 0.05) is 0 Å². The summed E-state index contributed by atoms with van der Waals surface area (Å²) in [5.74, 6) is -0.253. The molecule has 0 aliphatic carbocycles. The standard InChI is InChI=1S/C5H11NO4S3/c1-12-3-2-4(6)5(7)10-13(8,9)11/h4H,2-3,6H2,1H3,(H,8,9,11)/t4-/m0/s1. The fourth-order valence-electron chi connectivity index (χ4n) is 0.528. The summed E-state index contributed by atoms with van der Waals surface area (Å²) in [5.41, 5.74) is 5.34. The van der Waals surface area contributed by atoms with Gasteiger partial charge >= 0.3 is 15.0 Å². The molecule has 0 fully saturated rings. The first-order chi connectivity index (χ1) is 5.87. The molecule has 0 aromatic rings. The molecule has 0 aliphatic heterocycles. The van der Waals surface area contributed by atoms with E-state index in [0.717, 1.165) is 0 Å². The number of thioether (sulfide) groups is 1. The minimum absolute atomic E-state index is 0.394. The first-order valence-corrected chi connectivity index (χ1v) is 7.08. The number of hydrogen-bond acceptors (Lipinski definition) is 6. The van der Waals surface area contributed by atoms with Crippen molar-refractivity contribution >= 4 is 38.0 Å². The van der Waals surface area contributed by atoms with Gasteiger partial charge in [-0.05, 0) is 18.4 Å². The summed E-state index contributed by atoms with van der Waals surface area (Å²) in [6.07, 6.45) is 2.26. The highest BCUT2D eigenvalue weighted by Crippen LogP contribution is 2.01. The van der Waals surface area contributed by atoms with E-state index in [0.29, 0.717) is 12.2 Å². The molecule has 5 nitrogen and oxygen atoms in total. The average Bonchev–Trinajstić information content (AvgIpc) is 1.96. The molecule has 2 atom stereocenters. The summed E-state index contributed by atoms with van der Waals surface area (Å²) >= 11 is 5.49. The van der Waals surface area contributed by atoms with Crippen LogP contribution in [0.3, 0.4) is 0 Å². The maximum absolute atomic E-state index is 10.9. The van der Waals surface area contributed by atoms with Gasteiger partial charge in [0.2, 0.25) is 0 Å². The van der Waals surface area contributed by atoms with Crippen LogP contribution < -0.4 is 5.73 Å². The third-order valence-corrected chi connectivity index (χ3v) is 2.35. The summed E-state index contributed by atoms with van der Waals surface area (Å²) in [6, 6.07) is -0.886. The van der Waals surface area contributed by atoms with Crippen LogP contribution in [0.25, 0.3) is 0 Å². The molecule has 0 aromatic heterocycles. The minimum atomic E-state index is -3.90. The predicted octanol–water partition coefficient (Wildman–Crippen LogP) is -0.256. The smallest absolute Gasteiger partial charge is 0.338 e. The molecular weight excluding hydrogens is 234 g/mol. The molecule has 0 rings (SSSR count). The first-order valence-electron chi connectivity index (χ1n) is 3.32. The summed E-state index contributed by atoms with van der Waals surface area (Å²) in [7, 11) is -3.90. The zero-order valence-electron chi connectivity index (χ0n) is 6.97. The molecule has 0 bridgehead atoms. The first kappa shape index (κ1) is 13.1. The van der Waals surface area contributed by atoms with Gasteiger partial charge in [0.25, 0.3) is 0 Å². The Morgan fingerprint density at radius 1 is 1.85 bits per heavy atom. The Hall–Kier alpha value is 0.110. The third kappa shape index (κ3) is 7.20. The van der Waals surface area contributed by atoms with E-state index in [-0.39, 0.29) is 0 Å². The summed E-state index contributed by atoms with van der Waals surface area (Å²) in [5, 5.41) is 0. The van der Waals surface area contributed by atoms with Crippen LogP contribution in [0, 0.1) is 0 Å². The topological polar surface area (TPSA) is 89.6 Å². The highest BCUT2D eigenvalue weighted by molar-refractivity contribution is 8.27. The number of carbonyl (C=O) groups excluding carboxylic acids is 1. The molecule has 0 amide bonds. The van der Waals surface area contributed by atoms with Crippen molar-refractivity contribution in [1.82, 2.24) is 0 Å². The van der Waals surface area contributed by atoms with Crippen LogP contribution in [0.1, 0.15) is 6.42 Å². The molecule has 78 valence electrons. The maximum atomic E-state index is 10.9. The lowest BCUT2D eigenvalue weighted by Crippen LogP contribution is -2.34. The largest absolute Gasteiger partial charge is 0.343 e. The molecule has 8 heteroatoms. The van der Waals surface area contributed by atoms with Gasteiger partial charge in [0.15, 0.2) is 0 Å². The Morgan fingerprint density at radius 2 is 2.38 bits per heavy atom. The van der Waals surface area contributed by atoms with Crippen LogP contribution in [0.15, 0.2) is 0 Å². The second-order valence-corrected chi connectivity index (χ2v) is 5.49. The predicted molar refractivity (Wildman–Crippen MR) is 55.2 cm³/mol. The molecule has 0 saturated carbocycles. The van der Waals surface area contributed by atoms with Crippen LogP contribution in [0.5, 0.6) is 0 Å². The molecule has 0 aromatic carbocycles. The highest BCUT2D eigenvalue weighted by Gasteiger charge is 2.18. The Balaban J connectivity index is 3.97. The Labute approximate surface area is 86.1 Å². The van der Waals surface area contributed by atoms with Crippen LogP contribution in [-0.4, -0.2) is 32.8 Å². The maximum Gasteiger partial charge on any atom is 0.338 e. The van der Waals surface area contributed by atoms with Crippen molar-refractivity contribution in [2.75, 3.05) is 12.0 Å². The average molecular weight is 245 g/mol.